The molecule has 8 rings (SSSR count). The minimum atomic E-state index is -0.174. The number of carbonyl (C=O) groups excluding carboxylic acids is 2. The minimum Gasteiger partial charge on any atom is -0.507 e. The number of fused-ring (bicyclic) bond motifs is 3. The maximum absolute atomic E-state index is 13.2. The lowest BCUT2D eigenvalue weighted by Gasteiger charge is -2.34. The summed E-state index contributed by atoms with van der Waals surface area (Å²) in [6.45, 7) is 2.17. The number of pyridine rings is 2. The average molecular weight is 622 g/mol. The normalized spacial score (nSPS) is 17.4. The van der Waals surface area contributed by atoms with E-state index in [0.717, 1.165) is 53.2 Å². The summed E-state index contributed by atoms with van der Waals surface area (Å²) >= 11 is 0. The topological polar surface area (TPSA) is 130 Å². The third-order valence-electron chi connectivity index (χ3n) is 9.25. The van der Waals surface area contributed by atoms with Crippen molar-refractivity contribution in [3.05, 3.63) is 120 Å². The van der Waals surface area contributed by atoms with Crippen LogP contribution >= 0.6 is 0 Å². The molecule has 10 heteroatoms. The van der Waals surface area contributed by atoms with E-state index < -0.39 is 0 Å². The summed E-state index contributed by atoms with van der Waals surface area (Å²) in [5, 5.41) is 10.1. The van der Waals surface area contributed by atoms with Crippen molar-refractivity contribution in [3.63, 3.8) is 0 Å². The first kappa shape index (κ1) is 28.6. The Labute approximate surface area is 270 Å². The number of likely N-dealkylation sites (tertiary alicyclic amines) is 2. The number of nitrogen functional groups attached to an aromatic ring is 1. The largest absolute Gasteiger partial charge is 0.507 e. The third kappa shape index (κ3) is 5.08. The number of phenolic OH excluding ortho intramolecular Hbond substituents is 1. The van der Waals surface area contributed by atoms with Crippen molar-refractivity contribution in [2.24, 2.45) is 0 Å². The summed E-state index contributed by atoms with van der Waals surface area (Å²) in [6, 6.07) is 31.1. The zero-order chi connectivity index (χ0) is 32.1. The Morgan fingerprint density at radius 2 is 1.74 bits per heavy atom. The van der Waals surface area contributed by atoms with Crippen molar-refractivity contribution in [2.45, 2.75) is 25.0 Å². The molecule has 3 N–H and O–H groups in total. The average Bonchev–Trinajstić information content (AvgIpc) is 3.81. The van der Waals surface area contributed by atoms with E-state index in [1.807, 2.05) is 64.1 Å². The molecular weight excluding hydrogens is 590 g/mol. The number of aromatic hydroxyl groups is 1. The minimum absolute atomic E-state index is 0.106. The van der Waals surface area contributed by atoms with Crippen LogP contribution in [-0.4, -0.2) is 71.8 Å². The lowest BCUT2D eigenvalue weighted by Crippen LogP contribution is -2.48. The number of phenols is 1. The molecule has 3 aromatic carbocycles. The Hall–Kier alpha value is -5.87. The molecule has 0 radical (unpaired) electrons. The number of aldehydes is 1. The highest BCUT2D eigenvalue weighted by Gasteiger charge is 2.45. The smallest absolute Gasteiger partial charge is 0.254 e. The van der Waals surface area contributed by atoms with Gasteiger partial charge in [0.05, 0.1) is 16.8 Å². The summed E-state index contributed by atoms with van der Waals surface area (Å²) in [5.74, 6) is 0.783. The molecule has 6 aromatic rings. The molecule has 232 valence electrons. The second-order valence-electron chi connectivity index (χ2n) is 12.1. The van der Waals surface area contributed by atoms with Crippen LogP contribution in [0.25, 0.3) is 39.5 Å². The van der Waals surface area contributed by atoms with Gasteiger partial charge in [-0.2, -0.15) is 0 Å². The molecule has 2 fully saturated rings. The van der Waals surface area contributed by atoms with Crippen molar-refractivity contribution in [3.8, 4) is 34.1 Å². The zero-order valence-electron chi connectivity index (χ0n) is 25.4. The number of benzene rings is 3. The highest BCUT2D eigenvalue weighted by molar-refractivity contribution is 5.96. The van der Waals surface area contributed by atoms with Crippen LogP contribution in [0.5, 0.6) is 5.75 Å². The molecule has 0 unspecified atom stereocenters. The van der Waals surface area contributed by atoms with Gasteiger partial charge < -0.3 is 15.7 Å². The predicted octanol–water partition coefficient (Wildman–Crippen LogP) is 5.35. The highest BCUT2D eigenvalue weighted by Crippen LogP contribution is 2.35. The Balaban J connectivity index is 1.05. The molecule has 2 atom stereocenters. The van der Waals surface area contributed by atoms with Gasteiger partial charge in [0.15, 0.2) is 17.8 Å². The lowest BCUT2D eigenvalue weighted by molar-refractivity contribution is 0.0615. The number of anilines is 1. The Morgan fingerprint density at radius 1 is 0.915 bits per heavy atom. The van der Waals surface area contributed by atoms with Gasteiger partial charge in [-0.05, 0) is 66.6 Å². The number of hydrogen-bond acceptors (Lipinski definition) is 8. The Kier molecular flexibility index (Phi) is 6.99. The summed E-state index contributed by atoms with van der Waals surface area (Å²) in [6.07, 6.45) is 3.16. The van der Waals surface area contributed by atoms with Crippen LogP contribution in [0.1, 0.15) is 32.7 Å². The van der Waals surface area contributed by atoms with Crippen molar-refractivity contribution in [2.75, 3.05) is 18.8 Å². The van der Waals surface area contributed by atoms with Crippen LogP contribution in [0.15, 0.2) is 103 Å². The summed E-state index contributed by atoms with van der Waals surface area (Å²) in [7, 11) is 0. The molecule has 2 saturated heterocycles. The second kappa shape index (κ2) is 11.5. The van der Waals surface area contributed by atoms with Crippen LogP contribution in [0, 0.1) is 0 Å². The Bertz CT molecular complexity index is 2150. The van der Waals surface area contributed by atoms with Crippen LogP contribution in [-0.2, 0) is 6.54 Å². The van der Waals surface area contributed by atoms with E-state index in [1.165, 1.54) is 17.7 Å². The summed E-state index contributed by atoms with van der Waals surface area (Å²) in [4.78, 5) is 42.9. The van der Waals surface area contributed by atoms with Gasteiger partial charge in [0.25, 0.3) is 5.91 Å². The van der Waals surface area contributed by atoms with Crippen molar-refractivity contribution < 1.29 is 14.7 Å². The number of imidazole rings is 1. The number of rotatable bonds is 7. The van der Waals surface area contributed by atoms with Gasteiger partial charge in [-0.25, -0.2) is 15.0 Å². The van der Waals surface area contributed by atoms with E-state index in [9.17, 15) is 14.7 Å². The standard InChI is InChI=1S/C37H31N7O3/c38-34-30(7-4-16-39-34)35-41-32-15-14-31(24-5-2-1-3-6-24)40-36(32)44(35)27-12-8-23(9-13-27)19-42-20-29-18-28(42)21-43(29)37(47)25-10-11-26(22-45)33(46)17-25/h1-17,22,28-29,46H,18-21H2,(H2,38,39)/t28-,29-/m1/s1. The molecule has 3 aromatic heterocycles. The van der Waals surface area contributed by atoms with E-state index in [2.05, 4.69) is 34.1 Å². The van der Waals surface area contributed by atoms with Gasteiger partial charge in [-0.15, -0.1) is 0 Å². The first-order valence-corrected chi connectivity index (χ1v) is 15.5. The van der Waals surface area contributed by atoms with Crippen LogP contribution < -0.4 is 5.73 Å². The molecule has 2 aliphatic rings. The number of hydrogen-bond donors (Lipinski definition) is 2. The molecule has 47 heavy (non-hydrogen) atoms. The number of nitrogens with zero attached hydrogens (tertiary/aromatic N) is 6. The van der Waals surface area contributed by atoms with E-state index in [-0.39, 0.29) is 29.3 Å². The molecule has 2 aliphatic heterocycles. The SMILES string of the molecule is Nc1ncccc1-c1nc2ccc(-c3ccccc3)nc2n1-c1ccc(CN2C[C@H]3C[C@@H]2CN3C(=O)c2ccc(C=O)c(O)c2)cc1. The molecule has 1 amide bonds. The maximum atomic E-state index is 13.2. The first-order chi connectivity index (χ1) is 23.0. The number of carbonyl (C=O) groups is 2. The molecule has 2 bridgehead atoms. The molecular formula is C37H31N7O3. The van der Waals surface area contributed by atoms with Gasteiger partial charge in [0, 0.05) is 54.7 Å². The highest BCUT2D eigenvalue weighted by atomic mass is 16.3. The van der Waals surface area contributed by atoms with Crippen LogP contribution in [0.3, 0.4) is 0 Å². The third-order valence-corrected chi connectivity index (χ3v) is 9.25. The van der Waals surface area contributed by atoms with E-state index >= 15 is 0 Å². The number of amides is 1. The molecule has 5 heterocycles. The Morgan fingerprint density at radius 3 is 2.47 bits per heavy atom. The molecule has 0 spiro atoms. The fraction of sp³-hybridized carbons (Fsp3) is 0.162. The lowest BCUT2D eigenvalue weighted by atomic mass is 10.1. The van der Waals surface area contributed by atoms with Crippen LogP contribution in [0.2, 0.25) is 0 Å². The maximum Gasteiger partial charge on any atom is 0.254 e. The van der Waals surface area contributed by atoms with Crippen molar-refractivity contribution in [1.82, 2.24) is 29.3 Å². The quantitative estimate of drug-likeness (QED) is 0.228. The molecule has 0 saturated carbocycles. The van der Waals surface area contributed by atoms with E-state index in [4.69, 9.17) is 15.7 Å². The molecule has 0 aliphatic carbocycles. The van der Waals surface area contributed by atoms with Gasteiger partial charge in [-0.3, -0.25) is 19.1 Å². The predicted molar refractivity (Wildman–Crippen MR) is 179 cm³/mol. The van der Waals surface area contributed by atoms with Gasteiger partial charge >= 0.3 is 0 Å². The number of aromatic nitrogens is 4. The first-order valence-electron chi connectivity index (χ1n) is 15.5. The van der Waals surface area contributed by atoms with Crippen molar-refractivity contribution >= 4 is 29.2 Å². The fourth-order valence-electron chi connectivity index (χ4n) is 6.88. The zero-order valence-corrected chi connectivity index (χ0v) is 25.4. The van der Waals surface area contributed by atoms with Gasteiger partial charge in [0.2, 0.25) is 0 Å². The van der Waals surface area contributed by atoms with Crippen molar-refractivity contribution in [1.29, 1.82) is 0 Å². The van der Waals surface area contributed by atoms with Gasteiger partial charge in [0.1, 0.15) is 17.1 Å². The monoisotopic (exact) mass is 621 g/mol. The number of piperazine rings is 1. The van der Waals surface area contributed by atoms with E-state index in [1.54, 1.807) is 12.3 Å². The fourth-order valence-corrected chi connectivity index (χ4v) is 6.88. The van der Waals surface area contributed by atoms with Crippen LogP contribution in [0.4, 0.5) is 5.82 Å². The number of nitrogens with two attached hydrogens (primary N) is 1. The molecule has 10 nitrogen and oxygen atoms in total. The summed E-state index contributed by atoms with van der Waals surface area (Å²) < 4.78 is 2.04. The van der Waals surface area contributed by atoms with E-state index in [0.29, 0.717) is 30.0 Å². The second-order valence-corrected chi connectivity index (χ2v) is 12.1. The summed E-state index contributed by atoms with van der Waals surface area (Å²) in [5.41, 5.74) is 13.1. The van der Waals surface area contributed by atoms with Gasteiger partial charge in [-0.1, -0.05) is 42.5 Å².